The molecular weight excluding hydrogens is 339 g/mol. The van der Waals surface area contributed by atoms with Gasteiger partial charge in [-0.1, -0.05) is 30.3 Å². The number of benzene rings is 1. The van der Waals surface area contributed by atoms with Crippen molar-refractivity contribution in [2.75, 3.05) is 11.9 Å². The standard InChI is InChI=1S/C13H15IN4/c14-11-8-17-13(18-9-11)16-7-6-12(15)10-4-2-1-3-5-10/h1-5,8-9,12H,6-7,15H2,(H,16,17,18). The lowest BCUT2D eigenvalue weighted by Crippen LogP contribution is -2.16. The molecule has 0 saturated carbocycles. The van der Waals surface area contributed by atoms with Gasteiger partial charge in [0.15, 0.2) is 0 Å². The van der Waals surface area contributed by atoms with Crippen molar-refractivity contribution in [3.63, 3.8) is 0 Å². The molecule has 2 aromatic rings. The van der Waals surface area contributed by atoms with Crippen LogP contribution in [-0.2, 0) is 0 Å². The van der Waals surface area contributed by atoms with Crippen molar-refractivity contribution >= 4 is 28.5 Å². The Labute approximate surface area is 120 Å². The molecule has 0 radical (unpaired) electrons. The van der Waals surface area contributed by atoms with Crippen molar-refractivity contribution in [3.8, 4) is 0 Å². The van der Waals surface area contributed by atoms with Gasteiger partial charge in [0, 0.05) is 28.6 Å². The quantitative estimate of drug-likeness (QED) is 0.811. The molecular formula is C13H15IN4. The smallest absolute Gasteiger partial charge is 0.222 e. The summed E-state index contributed by atoms with van der Waals surface area (Å²) >= 11 is 2.18. The molecule has 1 aromatic heterocycles. The third-order valence-corrected chi connectivity index (χ3v) is 3.14. The molecule has 1 heterocycles. The number of hydrogen-bond acceptors (Lipinski definition) is 4. The van der Waals surface area contributed by atoms with E-state index in [4.69, 9.17) is 5.73 Å². The minimum atomic E-state index is 0.0440. The fourth-order valence-electron chi connectivity index (χ4n) is 1.61. The van der Waals surface area contributed by atoms with Gasteiger partial charge in [-0.2, -0.15) is 0 Å². The monoisotopic (exact) mass is 354 g/mol. The Morgan fingerprint density at radius 2 is 1.83 bits per heavy atom. The van der Waals surface area contributed by atoms with Crippen molar-refractivity contribution < 1.29 is 0 Å². The summed E-state index contributed by atoms with van der Waals surface area (Å²) in [4.78, 5) is 8.35. The van der Waals surface area contributed by atoms with Gasteiger partial charge in [-0.05, 0) is 34.6 Å². The van der Waals surface area contributed by atoms with E-state index in [9.17, 15) is 0 Å². The predicted octanol–water partition coefficient (Wildman–Crippen LogP) is 2.58. The molecule has 0 fully saturated rings. The maximum absolute atomic E-state index is 6.10. The van der Waals surface area contributed by atoms with Crippen LogP contribution < -0.4 is 11.1 Å². The Hall–Kier alpha value is -1.21. The number of nitrogens with one attached hydrogen (secondary N) is 1. The van der Waals surface area contributed by atoms with Crippen LogP contribution in [0.15, 0.2) is 42.7 Å². The van der Waals surface area contributed by atoms with Crippen molar-refractivity contribution in [3.05, 3.63) is 51.9 Å². The van der Waals surface area contributed by atoms with Gasteiger partial charge >= 0.3 is 0 Å². The van der Waals surface area contributed by atoms with E-state index in [1.54, 1.807) is 12.4 Å². The third kappa shape index (κ3) is 3.92. The first-order chi connectivity index (χ1) is 8.75. The zero-order chi connectivity index (χ0) is 12.8. The summed E-state index contributed by atoms with van der Waals surface area (Å²) in [6.45, 7) is 0.761. The first kappa shape index (κ1) is 13.2. The minimum Gasteiger partial charge on any atom is -0.354 e. The first-order valence-electron chi connectivity index (χ1n) is 5.77. The van der Waals surface area contributed by atoms with E-state index in [2.05, 4.69) is 37.9 Å². The second kappa shape index (κ2) is 6.65. The summed E-state index contributed by atoms with van der Waals surface area (Å²) in [5.74, 6) is 0.649. The molecule has 5 heteroatoms. The largest absolute Gasteiger partial charge is 0.354 e. The molecule has 2 rings (SSSR count). The fraction of sp³-hybridized carbons (Fsp3) is 0.231. The van der Waals surface area contributed by atoms with Crippen LogP contribution in [0.5, 0.6) is 0 Å². The molecule has 0 aliphatic carbocycles. The molecule has 94 valence electrons. The molecule has 0 aliphatic rings. The summed E-state index contributed by atoms with van der Waals surface area (Å²) in [5, 5.41) is 3.17. The highest BCUT2D eigenvalue weighted by Gasteiger charge is 2.04. The summed E-state index contributed by atoms with van der Waals surface area (Å²) in [6, 6.07) is 10.1. The maximum atomic E-state index is 6.10. The predicted molar refractivity (Wildman–Crippen MR) is 81.2 cm³/mol. The zero-order valence-electron chi connectivity index (χ0n) is 9.88. The van der Waals surface area contributed by atoms with E-state index in [0.717, 1.165) is 22.1 Å². The number of nitrogens with two attached hydrogens (primary N) is 1. The molecule has 0 spiro atoms. The van der Waals surface area contributed by atoms with Gasteiger partial charge in [0.1, 0.15) is 0 Å². The molecule has 4 nitrogen and oxygen atoms in total. The maximum Gasteiger partial charge on any atom is 0.222 e. The number of halogens is 1. The van der Waals surface area contributed by atoms with Crippen LogP contribution in [0.2, 0.25) is 0 Å². The Morgan fingerprint density at radius 3 is 2.50 bits per heavy atom. The highest BCUT2D eigenvalue weighted by atomic mass is 127. The average Bonchev–Trinajstić information content (AvgIpc) is 2.42. The van der Waals surface area contributed by atoms with E-state index in [-0.39, 0.29) is 6.04 Å². The molecule has 0 aliphatic heterocycles. The summed E-state index contributed by atoms with van der Waals surface area (Å²) < 4.78 is 1.03. The van der Waals surface area contributed by atoms with E-state index in [1.165, 1.54) is 0 Å². The Kier molecular flexibility index (Phi) is 4.89. The van der Waals surface area contributed by atoms with Gasteiger partial charge in [-0.15, -0.1) is 0 Å². The van der Waals surface area contributed by atoms with Gasteiger partial charge < -0.3 is 11.1 Å². The normalized spacial score (nSPS) is 12.1. The molecule has 18 heavy (non-hydrogen) atoms. The van der Waals surface area contributed by atoms with E-state index in [1.807, 2.05) is 30.3 Å². The van der Waals surface area contributed by atoms with Crippen LogP contribution in [0.25, 0.3) is 0 Å². The molecule has 0 amide bonds. The van der Waals surface area contributed by atoms with Crippen molar-refractivity contribution in [2.24, 2.45) is 5.73 Å². The van der Waals surface area contributed by atoms with Gasteiger partial charge in [-0.3, -0.25) is 0 Å². The highest BCUT2D eigenvalue weighted by molar-refractivity contribution is 14.1. The van der Waals surface area contributed by atoms with Crippen LogP contribution >= 0.6 is 22.6 Å². The van der Waals surface area contributed by atoms with Crippen LogP contribution in [-0.4, -0.2) is 16.5 Å². The van der Waals surface area contributed by atoms with Gasteiger partial charge in [0.25, 0.3) is 0 Å². The minimum absolute atomic E-state index is 0.0440. The van der Waals surface area contributed by atoms with Crippen LogP contribution in [0.3, 0.4) is 0 Å². The molecule has 0 saturated heterocycles. The van der Waals surface area contributed by atoms with E-state index < -0.39 is 0 Å². The SMILES string of the molecule is NC(CCNc1ncc(I)cn1)c1ccccc1. The summed E-state index contributed by atoms with van der Waals surface area (Å²) in [5.41, 5.74) is 7.26. The summed E-state index contributed by atoms with van der Waals surface area (Å²) in [7, 11) is 0. The second-order valence-electron chi connectivity index (χ2n) is 3.96. The lowest BCUT2D eigenvalue weighted by Gasteiger charge is -2.12. The number of aromatic nitrogens is 2. The molecule has 0 bridgehead atoms. The lowest BCUT2D eigenvalue weighted by atomic mass is 10.1. The number of nitrogens with zero attached hydrogens (tertiary/aromatic N) is 2. The summed E-state index contributed by atoms with van der Waals surface area (Å²) in [6.07, 6.45) is 4.42. The number of rotatable bonds is 5. The molecule has 1 aromatic carbocycles. The highest BCUT2D eigenvalue weighted by Crippen LogP contribution is 2.13. The van der Waals surface area contributed by atoms with Crippen molar-refractivity contribution in [1.82, 2.24) is 9.97 Å². The zero-order valence-corrected chi connectivity index (χ0v) is 12.0. The topological polar surface area (TPSA) is 63.8 Å². The molecule has 1 atom stereocenters. The van der Waals surface area contributed by atoms with Gasteiger partial charge in [0.05, 0.1) is 0 Å². The fourth-order valence-corrected chi connectivity index (χ4v) is 1.89. The van der Waals surface area contributed by atoms with Crippen LogP contribution in [0.4, 0.5) is 5.95 Å². The van der Waals surface area contributed by atoms with Crippen LogP contribution in [0, 0.1) is 3.57 Å². The first-order valence-corrected chi connectivity index (χ1v) is 6.85. The van der Waals surface area contributed by atoms with Gasteiger partial charge in [0.2, 0.25) is 5.95 Å². The van der Waals surface area contributed by atoms with Crippen molar-refractivity contribution in [1.29, 1.82) is 0 Å². The molecule has 1 unspecified atom stereocenters. The van der Waals surface area contributed by atoms with E-state index in [0.29, 0.717) is 5.95 Å². The van der Waals surface area contributed by atoms with Crippen LogP contribution in [0.1, 0.15) is 18.0 Å². The Morgan fingerprint density at radius 1 is 1.17 bits per heavy atom. The third-order valence-electron chi connectivity index (χ3n) is 2.59. The number of hydrogen-bond donors (Lipinski definition) is 2. The average molecular weight is 354 g/mol. The van der Waals surface area contributed by atoms with Gasteiger partial charge in [-0.25, -0.2) is 9.97 Å². The Balaban J connectivity index is 1.80. The Bertz CT molecular complexity index is 472. The van der Waals surface area contributed by atoms with E-state index >= 15 is 0 Å². The number of anilines is 1. The molecule has 3 N–H and O–H groups in total. The van der Waals surface area contributed by atoms with Crippen molar-refractivity contribution in [2.45, 2.75) is 12.5 Å². The second-order valence-corrected chi connectivity index (χ2v) is 5.20. The lowest BCUT2D eigenvalue weighted by molar-refractivity contribution is 0.673.